The molecular weight excluding hydrogens is 378 g/mol. The van der Waals surface area contributed by atoms with Gasteiger partial charge in [-0.2, -0.15) is 0 Å². The van der Waals surface area contributed by atoms with E-state index in [1.54, 1.807) is 12.1 Å². The Labute approximate surface area is 175 Å². The molecule has 0 aliphatic carbocycles. The molecule has 2 heterocycles. The molecule has 0 atom stereocenters. The fourth-order valence-corrected chi connectivity index (χ4v) is 3.56. The number of aromatic nitrogens is 2. The number of amides is 1. The Morgan fingerprint density at radius 1 is 1.13 bits per heavy atom. The van der Waals surface area contributed by atoms with E-state index in [-0.39, 0.29) is 5.91 Å². The Hall–Kier alpha value is -3.54. The zero-order valence-corrected chi connectivity index (χ0v) is 17.2. The number of aryl methyl sites for hydroxylation is 2. The van der Waals surface area contributed by atoms with Crippen LogP contribution in [0.25, 0.3) is 11.0 Å². The fraction of sp³-hybridized carbons (Fsp3) is 0.250. The number of hydrogen-bond acceptors (Lipinski definition) is 4. The molecule has 6 nitrogen and oxygen atoms in total. The second-order valence-corrected chi connectivity index (χ2v) is 7.27. The molecule has 0 aliphatic heterocycles. The minimum Gasteiger partial charge on any atom is -0.491 e. The van der Waals surface area contributed by atoms with Crippen LogP contribution in [-0.2, 0) is 13.0 Å². The topological polar surface area (TPSA) is 69.3 Å². The van der Waals surface area contributed by atoms with Crippen LogP contribution in [-0.4, -0.2) is 28.6 Å². The van der Waals surface area contributed by atoms with Gasteiger partial charge in [-0.1, -0.05) is 29.8 Å². The molecule has 4 aromatic rings. The standard InChI is InChI=1S/C24H25N3O3/c1-17-9-10-21(18(2)16-17)30-15-13-27-20-7-4-3-6-19(20)26-23(27)11-12-25-24(28)22-8-5-14-29-22/h3-10,14,16H,11-13,15H2,1-2H3,(H,25,28). The van der Waals surface area contributed by atoms with E-state index in [0.717, 1.165) is 28.2 Å². The Bertz CT molecular complexity index is 1150. The number of para-hydroxylation sites is 2. The van der Waals surface area contributed by atoms with Crippen LogP contribution in [0.5, 0.6) is 5.75 Å². The lowest BCUT2D eigenvalue weighted by atomic mass is 10.1. The lowest BCUT2D eigenvalue weighted by molar-refractivity contribution is 0.0926. The highest BCUT2D eigenvalue weighted by atomic mass is 16.5. The fourth-order valence-electron chi connectivity index (χ4n) is 3.56. The van der Waals surface area contributed by atoms with Crippen molar-refractivity contribution in [1.29, 1.82) is 0 Å². The van der Waals surface area contributed by atoms with E-state index in [0.29, 0.717) is 31.9 Å². The van der Waals surface area contributed by atoms with Gasteiger partial charge in [-0.3, -0.25) is 4.79 Å². The lowest BCUT2D eigenvalue weighted by Crippen LogP contribution is -2.26. The SMILES string of the molecule is Cc1ccc(OCCn2c(CCNC(=O)c3ccco3)nc3ccccc32)c(C)c1. The predicted octanol–water partition coefficient (Wildman–Crippen LogP) is 4.30. The van der Waals surface area contributed by atoms with Gasteiger partial charge in [-0.25, -0.2) is 4.98 Å². The molecule has 0 bridgehead atoms. The van der Waals surface area contributed by atoms with Gasteiger partial charge in [0.15, 0.2) is 5.76 Å². The first kappa shape index (κ1) is 19.8. The summed E-state index contributed by atoms with van der Waals surface area (Å²) in [5.41, 5.74) is 4.36. The number of carbonyl (C=O) groups excluding carboxylic acids is 1. The first-order valence-electron chi connectivity index (χ1n) is 10.1. The van der Waals surface area contributed by atoms with Crippen molar-refractivity contribution >= 4 is 16.9 Å². The number of hydrogen-bond donors (Lipinski definition) is 1. The summed E-state index contributed by atoms with van der Waals surface area (Å²) in [7, 11) is 0. The van der Waals surface area contributed by atoms with Crippen molar-refractivity contribution in [2.45, 2.75) is 26.8 Å². The molecule has 4 rings (SSSR count). The summed E-state index contributed by atoms with van der Waals surface area (Å²) in [4.78, 5) is 16.8. The first-order valence-corrected chi connectivity index (χ1v) is 10.1. The molecule has 154 valence electrons. The number of nitrogens with zero attached hydrogens (tertiary/aromatic N) is 2. The molecule has 0 aliphatic rings. The minimum atomic E-state index is -0.221. The summed E-state index contributed by atoms with van der Waals surface area (Å²) in [5, 5.41) is 2.88. The molecule has 30 heavy (non-hydrogen) atoms. The Morgan fingerprint density at radius 2 is 2.00 bits per heavy atom. The van der Waals surface area contributed by atoms with Crippen LogP contribution in [0.2, 0.25) is 0 Å². The predicted molar refractivity (Wildman–Crippen MR) is 116 cm³/mol. The molecule has 6 heteroatoms. The van der Waals surface area contributed by atoms with Crippen molar-refractivity contribution in [1.82, 2.24) is 14.9 Å². The minimum absolute atomic E-state index is 0.221. The molecule has 0 spiro atoms. The van der Waals surface area contributed by atoms with E-state index in [1.165, 1.54) is 11.8 Å². The Morgan fingerprint density at radius 3 is 2.80 bits per heavy atom. The van der Waals surface area contributed by atoms with Gasteiger partial charge < -0.3 is 19.0 Å². The quantitative estimate of drug-likeness (QED) is 0.476. The maximum atomic E-state index is 12.1. The largest absolute Gasteiger partial charge is 0.491 e. The highest BCUT2D eigenvalue weighted by molar-refractivity contribution is 5.91. The number of rotatable bonds is 8. The van der Waals surface area contributed by atoms with E-state index in [4.69, 9.17) is 14.1 Å². The van der Waals surface area contributed by atoms with Gasteiger partial charge in [0.25, 0.3) is 5.91 Å². The maximum Gasteiger partial charge on any atom is 0.286 e. The van der Waals surface area contributed by atoms with Crippen molar-refractivity contribution in [3.63, 3.8) is 0 Å². The van der Waals surface area contributed by atoms with Crippen molar-refractivity contribution in [3.05, 3.63) is 83.6 Å². The molecule has 0 fully saturated rings. The van der Waals surface area contributed by atoms with Gasteiger partial charge in [0, 0.05) is 13.0 Å². The van der Waals surface area contributed by atoms with Gasteiger partial charge in [0.05, 0.1) is 23.8 Å². The molecule has 2 aromatic heterocycles. The number of nitrogens with one attached hydrogen (secondary N) is 1. The van der Waals surface area contributed by atoms with Crippen LogP contribution in [0.1, 0.15) is 27.5 Å². The van der Waals surface area contributed by atoms with Crippen LogP contribution >= 0.6 is 0 Å². The second-order valence-electron chi connectivity index (χ2n) is 7.27. The molecule has 1 amide bonds. The van der Waals surface area contributed by atoms with Crippen molar-refractivity contribution < 1.29 is 13.9 Å². The smallest absolute Gasteiger partial charge is 0.286 e. The zero-order chi connectivity index (χ0) is 20.9. The van der Waals surface area contributed by atoms with E-state index >= 15 is 0 Å². The maximum absolute atomic E-state index is 12.1. The molecule has 2 aromatic carbocycles. The average Bonchev–Trinajstić information content (AvgIpc) is 3.38. The van der Waals surface area contributed by atoms with E-state index in [2.05, 4.69) is 41.9 Å². The van der Waals surface area contributed by atoms with Gasteiger partial charge in [0.1, 0.15) is 18.2 Å². The monoisotopic (exact) mass is 403 g/mol. The van der Waals surface area contributed by atoms with E-state index in [9.17, 15) is 4.79 Å². The van der Waals surface area contributed by atoms with Crippen molar-refractivity contribution in [2.75, 3.05) is 13.2 Å². The van der Waals surface area contributed by atoms with Gasteiger partial charge in [0.2, 0.25) is 0 Å². The number of carbonyl (C=O) groups is 1. The zero-order valence-electron chi connectivity index (χ0n) is 17.2. The molecular formula is C24H25N3O3. The Kier molecular flexibility index (Phi) is 5.84. The first-order chi connectivity index (χ1) is 14.6. The third-order valence-corrected chi connectivity index (χ3v) is 5.02. The van der Waals surface area contributed by atoms with Crippen LogP contribution < -0.4 is 10.1 Å². The van der Waals surface area contributed by atoms with Crippen molar-refractivity contribution in [2.24, 2.45) is 0 Å². The summed E-state index contributed by atoms with van der Waals surface area (Å²) in [5.74, 6) is 1.91. The number of fused-ring (bicyclic) bond motifs is 1. The van der Waals surface area contributed by atoms with Crippen molar-refractivity contribution in [3.8, 4) is 5.75 Å². The number of furan rings is 1. The average molecular weight is 403 g/mol. The molecule has 0 saturated carbocycles. The summed E-state index contributed by atoms with van der Waals surface area (Å²) in [6, 6.07) is 17.6. The number of benzene rings is 2. The Balaban J connectivity index is 1.44. The van der Waals surface area contributed by atoms with Crippen LogP contribution in [0.3, 0.4) is 0 Å². The van der Waals surface area contributed by atoms with Gasteiger partial charge in [-0.05, 0) is 49.7 Å². The molecule has 1 N–H and O–H groups in total. The summed E-state index contributed by atoms with van der Waals surface area (Å²) >= 11 is 0. The number of imidazole rings is 1. The van der Waals surface area contributed by atoms with Gasteiger partial charge in [-0.15, -0.1) is 0 Å². The highest BCUT2D eigenvalue weighted by Crippen LogP contribution is 2.20. The van der Waals surface area contributed by atoms with E-state index < -0.39 is 0 Å². The van der Waals surface area contributed by atoms with Gasteiger partial charge >= 0.3 is 0 Å². The van der Waals surface area contributed by atoms with Crippen LogP contribution in [0, 0.1) is 13.8 Å². The van der Waals surface area contributed by atoms with Crippen LogP contribution in [0.15, 0.2) is 65.3 Å². The third-order valence-electron chi connectivity index (χ3n) is 5.02. The molecule has 0 unspecified atom stereocenters. The second kappa shape index (κ2) is 8.86. The molecule has 0 saturated heterocycles. The lowest BCUT2D eigenvalue weighted by Gasteiger charge is -2.13. The summed E-state index contributed by atoms with van der Waals surface area (Å²) in [6.07, 6.45) is 2.11. The molecule has 0 radical (unpaired) electrons. The summed E-state index contributed by atoms with van der Waals surface area (Å²) < 4.78 is 13.3. The normalized spacial score (nSPS) is 11.0. The number of ether oxygens (including phenoxy) is 1. The summed E-state index contributed by atoms with van der Waals surface area (Å²) in [6.45, 7) is 5.82. The highest BCUT2D eigenvalue weighted by Gasteiger charge is 2.12. The third kappa shape index (κ3) is 4.38. The van der Waals surface area contributed by atoms with E-state index in [1.807, 2.05) is 24.3 Å². The van der Waals surface area contributed by atoms with Crippen LogP contribution in [0.4, 0.5) is 0 Å².